The van der Waals surface area contributed by atoms with Gasteiger partial charge in [-0.3, -0.25) is 14.4 Å². The van der Waals surface area contributed by atoms with Crippen molar-refractivity contribution in [3.05, 3.63) is 45.6 Å². The van der Waals surface area contributed by atoms with Crippen molar-refractivity contribution in [2.45, 2.75) is 43.8 Å². The summed E-state index contributed by atoms with van der Waals surface area (Å²) in [7, 11) is 3.22. The first-order valence-electron chi connectivity index (χ1n) is 10.5. The van der Waals surface area contributed by atoms with Crippen LogP contribution in [0.4, 0.5) is 0 Å². The van der Waals surface area contributed by atoms with Crippen LogP contribution in [0.1, 0.15) is 46.1 Å². The molecule has 2 saturated heterocycles. The monoisotopic (exact) mass is 440 g/mol. The molecule has 2 aromatic rings. The number of hydrogen-bond acceptors (Lipinski definition) is 6. The van der Waals surface area contributed by atoms with Gasteiger partial charge in [-0.15, -0.1) is 11.3 Å². The van der Waals surface area contributed by atoms with Crippen molar-refractivity contribution in [2.75, 3.05) is 20.8 Å². The van der Waals surface area contributed by atoms with Crippen molar-refractivity contribution >= 4 is 28.9 Å². The Kier molecular flexibility index (Phi) is 4.97. The Balaban J connectivity index is 1.60. The first kappa shape index (κ1) is 20.1. The van der Waals surface area contributed by atoms with Crippen LogP contribution in [-0.4, -0.2) is 60.2 Å². The molecular formula is C23H24N2O5S. The number of ketones is 1. The summed E-state index contributed by atoms with van der Waals surface area (Å²) < 4.78 is 11.1. The van der Waals surface area contributed by atoms with Crippen LogP contribution in [0.2, 0.25) is 0 Å². The van der Waals surface area contributed by atoms with E-state index in [-0.39, 0.29) is 18.0 Å². The number of amides is 2. The molecular weight excluding hydrogens is 416 g/mol. The molecule has 0 radical (unpaired) electrons. The molecule has 1 unspecified atom stereocenters. The summed E-state index contributed by atoms with van der Waals surface area (Å²) in [5.74, 6) is 0.166. The number of Topliss-reactive ketones (excluding diaryl/α,β-unsaturated/α-hetero) is 1. The molecule has 162 valence electrons. The second kappa shape index (κ2) is 7.67. The van der Waals surface area contributed by atoms with Crippen LogP contribution in [0.25, 0.3) is 0 Å². The van der Waals surface area contributed by atoms with Crippen LogP contribution in [0.5, 0.6) is 11.5 Å². The van der Waals surface area contributed by atoms with Gasteiger partial charge in [0.05, 0.1) is 31.2 Å². The highest BCUT2D eigenvalue weighted by Gasteiger charge is 2.54. The predicted molar refractivity (Wildman–Crippen MR) is 115 cm³/mol. The summed E-state index contributed by atoms with van der Waals surface area (Å²) in [6.45, 7) is 0.584. The lowest BCUT2D eigenvalue weighted by atomic mass is 9.78. The Morgan fingerprint density at radius 2 is 2.00 bits per heavy atom. The van der Waals surface area contributed by atoms with Gasteiger partial charge in [0.1, 0.15) is 17.5 Å². The second-order valence-electron chi connectivity index (χ2n) is 8.16. The van der Waals surface area contributed by atoms with Gasteiger partial charge in [-0.2, -0.15) is 0 Å². The van der Waals surface area contributed by atoms with Gasteiger partial charge in [-0.1, -0.05) is 6.07 Å². The summed E-state index contributed by atoms with van der Waals surface area (Å²) in [6, 6.07) is 6.07. The molecule has 1 aromatic carbocycles. The van der Waals surface area contributed by atoms with E-state index in [9.17, 15) is 14.4 Å². The van der Waals surface area contributed by atoms with Crippen molar-refractivity contribution in [3.8, 4) is 11.5 Å². The van der Waals surface area contributed by atoms with Crippen LogP contribution in [-0.2, 0) is 16.0 Å². The fraction of sp³-hybridized carbons (Fsp3) is 0.435. The fourth-order valence-electron chi connectivity index (χ4n) is 5.36. The number of nitrogens with zero attached hydrogens (tertiary/aromatic N) is 2. The molecule has 1 aromatic heterocycles. The highest BCUT2D eigenvalue weighted by Crippen LogP contribution is 2.48. The van der Waals surface area contributed by atoms with Crippen LogP contribution < -0.4 is 9.47 Å². The smallest absolute Gasteiger partial charge is 0.296 e. The van der Waals surface area contributed by atoms with Gasteiger partial charge in [-0.25, -0.2) is 0 Å². The Hall–Kier alpha value is -2.87. The summed E-state index contributed by atoms with van der Waals surface area (Å²) in [5.41, 5.74) is 1.99. The van der Waals surface area contributed by atoms with Crippen LogP contribution in [0.15, 0.2) is 29.6 Å². The molecule has 0 N–H and O–H groups in total. The minimum absolute atomic E-state index is 0.0724. The molecule has 0 saturated carbocycles. The van der Waals surface area contributed by atoms with Gasteiger partial charge in [0.25, 0.3) is 11.7 Å². The zero-order chi connectivity index (χ0) is 21.7. The van der Waals surface area contributed by atoms with E-state index in [0.717, 1.165) is 24.0 Å². The number of rotatable bonds is 4. The van der Waals surface area contributed by atoms with Gasteiger partial charge in [0.2, 0.25) is 5.91 Å². The van der Waals surface area contributed by atoms with Gasteiger partial charge in [-0.05, 0) is 48.8 Å². The number of carbonyl (C=O) groups excluding carboxylic acids is 3. The number of hydrogen-bond donors (Lipinski definition) is 0. The third kappa shape index (κ3) is 3.04. The van der Waals surface area contributed by atoms with Crippen LogP contribution in [0, 0.1) is 0 Å². The SMILES string of the molecule is COc1cc2c(c(OC)c1)C1[C@H]3CCC[C@@H](C(=O)N1CC2)N3C(=O)C(=O)c1cccs1. The zero-order valence-electron chi connectivity index (χ0n) is 17.5. The summed E-state index contributed by atoms with van der Waals surface area (Å²) >= 11 is 1.25. The molecule has 2 fully saturated rings. The van der Waals surface area contributed by atoms with Crippen LogP contribution >= 0.6 is 11.3 Å². The molecule has 5 rings (SSSR count). The maximum absolute atomic E-state index is 13.5. The van der Waals surface area contributed by atoms with E-state index in [4.69, 9.17) is 9.47 Å². The number of methoxy groups -OCH3 is 2. The Morgan fingerprint density at radius 1 is 1.16 bits per heavy atom. The van der Waals surface area contributed by atoms with Crippen molar-refractivity contribution < 1.29 is 23.9 Å². The molecule has 2 amide bonds. The summed E-state index contributed by atoms with van der Waals surface area (Å²) in [5, 5.41) is 1.78. The number of piperazine rings is 1. The van der Waals surface area contributed by atoms with E-state index < -0.39 is 17.7 Å². The van der Waals surface area contributed by atoms with E-state index >= 15 is 0 Å². The van der Waals surface area contributed by atoms with Crippen LogP contribution in [0.3, 0.4) is 0 Å². The third-order valence-electron chi connectivity index (χ3n) is 6.69. The summed E-state index contributed by atoms with van der Waals surface area (Å²) in [6.07, 6.45) is 2.88. The van der Waals surface area contributed by atoms with Crippen molar-refractivity contribution in [3.63, 3.8) is 0 Å². The lowest BCUT2D eigenvalue weighted by Crippen LogP contribution is -2.68. The summed E-state index contributed by atoms with van der Waals surface area (Å²) in [4.78, 5) is 43.6. The number of ether oxygens (including phenoxy) is 2. The normalized spacial score (nSPS) is 24.3. The molecule has 3 aliphatic rings. The van der Waals surface area contributed by atoms with Gasteiger partial charge in [0.15, 0.2) is 0 Å². The van der Waals surface area contributed by atoms with Gasteiger partial charge < -0.3 is 19.3 Å². The van der Waals surface area contributed by atoms with E-state index in [1.54, 1.807) is 36.6 Å². The molecule has 2 bridgehead atoms. The molecule has 31 heavy (non-hydrogen) atoms. The van der Waals surface area contributed by atoms with E-state index in [1.165, 1.54) is 11.3 Å². The molecule has 8 heteroatoms. The topological polar surface area (TPSA) is 76.2 Å². The van der Waals surface area contributed by atoms with Gasteiger partial charge in [0, 0.05) is 18.2 Å². The number of carbonyl (C=O) groups is 3. The number of benzene rings is 1. The Labute approximate surface area is 184 Å². The Bertz CT molecular complexity index is 1030. The lowest BCUT2D eigenvalue weighted by molar-refractivity contribution is -0.164. The van der Waals surface area contributed by atoms with Crippen molar-refractivity contribution in [2.24, 2.45) is 0 Å². The molecule has 3 aliphatic heterocycles. The number of thiophene rings is 1. The van der Waals surface area contributed by atoms with E-state index in [0.29, 0.717) is 35.8 Å². The highest BCUT2D eigenvalue weighted by molar-refractivity contribution is 7.13. The highest BCUT2D eigenvalue weighted by atomic mass is 32.1. The quantitative estimate of drug-likeness (QED) is 0.540. The van der Waals surface area contributed by atoms with Crippen molar-refractivity contribution in [1.82, 2.24) is 9.80 Å². The molecule has 0 aliphatic carbocycles. The Morgan fingerprint density at radius 3 is 2.71 bits per heavy atom. The fourth-order valence-corrected chi connectivity index (χ4v) is 6.02. The van der Waals surface area contributed by atoms with E-state index in [1.807, 2.05) is 17.0 Å². The number of fused-ring (bicyclic) bond motifs is 6. The molecule has 4 heterocycles. The first-order chi connectivity index (χ1) is 15.0. The molecule has 7 nitrogen and oxygen atoms in total. The standard InChI is InChI=1S/C23H24N2O5S/c1-29-14-11-13-8-9-24-20(19(13)17(12-14)30-2)15-5-3-6-16(22(24)27)25(15)23(28)21(26)18-7-4-10-31-18/h4,7,10-12,15-16,20H,3,5-6,8-9H2,1-2H3/t15-,16+,20?/m1/s1. The van der Waals surface area contributed by atoms with E-state index in [2.05, 4.69) is 0 Å². The maximum atomic E-state index is 13.5. The predicted octanol–water partition coefficient (Wildman–Crippen LogP) is 2.84. The molecule has 3 atom stereocenters. The lowest BCUT2D eigenvalue weighted by Gasteiger charge is -2.55. The maximum Gasteiger partial charge on any atom is 0.296 e. The zero-order valence-corrected chi connectivity index (χ0v) is 18.3. The largest absolute Gasteiger partial charge is 0.497 e. The first-order valence-corrected chi connectivity index (χ1v) is 11.4. The average molecular weight is 441 g/mol. The molecule has 0 spiro atoms. The third-order valence-corrected chi connectivity index (χ3v) is 7.56. The van der Waals surface area contributed by atoms with Crippen molar-refractivity contribution in [1.29, 1.82) is 0 Å². The second-order valence-corrected chi connectivity index (χ2v) is 9.11. The minimum atomic E-state index is -0.579. The minimum Gasteiger partial charge on any atom is -0.497 e. The van der Waals surface area contributed by atoms with Gasteiger partial charge >= 0.3 is 0 Å². The average Bonchev–Trinajstić information content (AvgIpc) is 3.34. The number of piperidine rings is 1.